The van der Waals surface area contributed by atoms with Crippen molar-refractivity contribution in [3.63, 3.8) is 0 Å². The van der Waals surface area contributed by atoms with Crippen LogP contribution in [0.4, 0.5) is 4.79 Å². The third-order valence-corrected chi connectivity index (χ3v) is 7.16. The highest BCUT2D eigenvalue weighted by Crippen LogP contribution is 2.34. The van der Waals surface area contributed by atoms with Gasteiger partial charge in [-0.3, -0.25) is 0 Å². The number of likely N-dealkylation sites (tertiary alicyclic amines) is 1. The first-order chi connectivity index (χ1) is 16.1. The summed E-state index contributed by atoms with van der Waals surface area (Å²) in [4.78, 5) is 18.0. The number of nitrogens with zero attached hydrogens (tertiary/aromatic N) is 2. The van der Waals surface area contributed by atoms with E-state index in [4.69, 9.17) is 21.4 Å². The molecule has 1 unspecified atom stereocenters. The Hall–Kier alpha value is -2.28. The van der Waals surface area contributed by atoms with Gasteiger partial charge in [0.05, 0.1) is 12.6 Å². The van der Waals surface area contributed by atoms with E-state index in [-0.39, 0.29) is 36.7 Å². The number of piperidine rings is 1. The number of carbonyl (C=O) groups is 1. The summed E-state index contributed by atoms with van der Waals surface area (Å²) in [6, 6.07) is 13.4. The molecule has 3 rings (SSSR count). The standard InChI is InChI=1S/C27H38ClN3O3/c1-19-8-6-11-23(25(19)28)20(2)29-26(33)31(24-12-13-30(5)18-27(24,3)4)17-21-9-7-10-22(16-21)34-15-14-32/h6-11,16,20,24,32H,12-15,17-18H2,1-5H3,(H,29,33)/t20-,24?/m1/s1. The Bertz CT molecular complexity index is 981. The van der Waals surface area contributed by atoms with Crippen molar-refractivity contribution in [2.75, 3.05) is 33.4 Å². The minimum absolute atomic E-state index is 0.0397. The molecule has 2 amide bonds. The van der Waals surface area contributed by atoms with Crippen molar-refractivity contribution in [2.24, 2.45) is 5.41 Å². The van der Waals surface area contributed by atoms with Crippen molar-refractivity contribution >= 4 is 17.6 Å². The lowest BCUT2D eigenvalue weighted by molar-refractivity contribution is 0.0300. The second-order valence-corrected chi connectivity index (χ2v) is 10.4. The van der Waals surface area contributed by atoms with E-state index in [1.807, 2.05) is 61.2 Å². The third-order valence-electron chi connectivity index (χ3n) is 6.64. The topological polar surface area (TPSA) is 65.0 Å². The van der Waals surface area contributed by atoms with Crippen molar-refractivity contribution in [3.05, 3.63) is 64.2 Å². The average molecular weight is 488 g/mol. The number of benzene rings is 2. The van der Waals surface area contributed by atoms with Crippen molar-refractivity contribution in [1.29, 1.82) is 0 Å². The van der Waals surface area contributed by atoms with E-state index in [1.54, 1.807) is 0 Å². The van der Waals surface area contributed by atoms with Gasteiger partial charge in [0.1, 0.15) is 12.4 Å². The molecule has 0 bridgehead atoms. The van der Waals surface area contributed by atoms with Gasteiger partial charge in [0.15, 0.2) is 0 Å². The molecule has 186 valence electrons. The molecule has 0 aromatic heterocycles. The Balaban J connectivity index is 1.87. The predicted octanol–water partition coefficient (Wildman–Crippen LogP) is 5.02. The molecule has 1 saturated heterocycles. The maximum atomic E-state index is 13.7. The van der Waals surface area contributed by atoms with E-state index >= 15 is 0 Å². The summed E-state index contributed by atoms with van der Waals surface area (Å²) in [5.74, 6) is 0.689. The first kappa shape index (κ1) is 26.3. The van der Waals surface area contributed by atoms with Crippen LogP contribution in [0.25, 0.3) is 0 Å². The van der Waals surface area contributed by atoms with E-state index in [9.17, 15) is 4.79 Å². The first-order valence-electron chi connectivity index (χ1n) is 12.0. The Morgan fingerprint density at radius 1 is 1.32 bits per heavy atom. The number of hydrogen-bond acceptors (Lipinski definition) is 4. The van der Waals surface area contributed by atoms with Crippen LogP contribution in [0.3, 0.4) is 0 Å². The van der Waals surface area contributed by atoms with Crippen LogP contribution >= 0.6 is 11.6 Å². The summed E-state index contributed by atoms with van der Waals surface area (Å²) in [5, 5.41) is 13.0. The summed E-state index contributed by atoms with van der Waals surface area (Å²) < 4.78 is 5.59. The van der Waals surface area contributed by atoms with E-state index in [2.05, 4.69) is 31.1 Å². The number of urea groups is 1. The fourth-order valence-corrected chi connectivity index (χ4v) is 5.25. The second-order valence-electron chi connectivity index (χ2n) is 10.0. The Morgan fingerprint density at radius 3 is 2.76 bits per heavy atom. The molecule has 6 nitrogen and oxygen atoms in total. The van der Waals surface area contributed by atoms with Crippen molar-refractivity contribution in [1.82, 2.24) is 15.1 Å². The van der Waals surface area contributed by atoms with Crippen LogP contribution in [0.5, 0.6) is 5.75 Å². The number of rotatable bonds is 8. The molecule has 7 heteroatoms. The molecule has 2 N–H and O–H groups in total. The maximum absolute atomic E-state index is 13.7. The second kappa shape index (κ2) is 11.4. The van der Waals surface area contributed by atoms with Crippen LogP contribution in [0.1, 0.15) is 49.9 Å². The van der Waals surface area contributed by atoms with Crippen molar-refractivity contribution in [2.45, 2.75) is 52.7 Å². The predicted molar refractivity (Wildman–Crippen MR) is 137 cm³/mol. The van der Waals surface area contributed by atoms with Crippen LogP contribution in [0.2, 0.25) is 5.02 Å². The summed E-state index contributed by atoms with van der Waals surface area (Å²) in [6.07, 6.45) is 0.900. The van der Waals surface area contributed by atoms with Gasteiger partial charge in [-0.2, -0.15) is 0 Å². The zero-order valence-corrected chi connectivity index (χ0v) is 21.7. The SMILES string of the molecule is Cc1cccc([C@@H](C)NC(=O)N(Cc2cccc(OCCO)c2)C2CCN(C)CC2(C)C)c1Cl. The zero-order chi connectivity index (χ0) is 24.9. The van der Waals surface area contributed by atoms with Gasteiger partial charge < -0.3 is 25.0 Å². The minimum atomic E-state index is -0.226. The molecule has 1 heterocycles. The van der Waals surface area contributed by atoms with Crippen LogP contribution in [-0.2, 0) is 6.54 Å². The molecule has 34 heavy (non-hydrogen) atoms. The van der Waals surface area contributed by atoms with Gasteiger partial charge in [0.2, 0.25) is 0 Å². The number of amides is 2. The molecule has 1 aliphatic rings. The molecule has 0 saturated carbocycles. The largest absolute Gasteiger partial charge is 0.491 e. The fourth-order valence-electron chi connectivity index (χ4n) is 4.96. The lowest BCUT2D eigenvalue weighted by Crippen LogP contribution is -2.58. The number of aliphatic hydroxyl groups is 1. The number of hydrogen-bond donors (Lipinski definition) is 2. The Labute approximate surface area is 208 Å². The highest BCUT2D eigenvalue weighted by molar-refractivity contribution is 6.32. The van der Waals surface area contributed by atoms with E-state index in [0.717, 1.165) is 36.2 Å². The van der Waals surface area contributed by atoms with Gasteiger partial charge in [-0.25, -0.2) is 4.79 Å². The van der Waals surface area contributed by atoms with Crippen molar-refractivity contribution in [3.8, 4) is 5.75 Å². The summed E-state index contributed by atoms with van der Waals surface area (Å²) >= 11 is 6.55. The average Bonchev–Trinajstić information content (AvgIpc) is 2.78. The molecule has 2 atom stereocenters. The van der Waals surface area contributed by atoms with Gasteiger partial charge in [-0.15, -0.1) is 0 Å². The third kappa shape index (κ3) is 6.44. The molecule has 0 aliphatic carbocycles. The van der Waals surface area contributed by atoms with E-state index < -0.39 is 0 Å². The Morgan fingerprint density at radius 2 is 2.06 bits per heavy atom. The van der Waals surface area contributed by atoms with Gasteiger partial charge in [-0.05, 0) is 68.1 Å². The van der Waals surface area contributed by atoms with Crippen molar-refractivity contribution < 1.29 is 14.6 Å². The van der Waals surface area contributed by atoms with E-state index in [1.165, 1.54) is 0 Å². The number of halogens is 1. The molecule has 0 spiro atoms. The van der Waals surface area contributed by atoms with Gasteiger partial charge in [0.25, 0.3) is 0 Å². The number of aryl methyl sites for hydroxylation is 1. The number of ether oxygens (including phenoxy) is 1. The highest BCUT2D eigenvalue weighted by Gasteiger charge is 2.40. The summed E-state index contributed by atoms with van der Waals surface area (Å²) in [6.45, 7) is 10.9. The smallest absolute Gasteiger partial charge is 0.318 e. The lowest BCUT2D eigenvalue weighted by Gasteiger charge is -2.48. The first-order valence-corrected chi connectivity index (χ1v) is 12.3. The minimum Gasteiger partial charge on any atom is -0.491 e. The summed E-state index contributed by atoms with van der Waals surface area (Å²) in [7, 11) is 2.13. The number of nitrogens with one attached hydrogen (secondary N) is 1. The maximum Gasteiger partial charge on any atom is 0.318 e. The highest BCUT2D eigenvalue weighted by atomic mass is 35.5. The normalized spacial score (nSPS) is 18.9. The lowest BCUT2D eigenvalue weighted by atomic mass is 9.78. The van der Waals surface area contributed by atoms with Crippen LogP contribution < -0.4 is 10.1 Å². The zero-order valence-electron chi connectivity index (χ0n) is 21.0. The van der Waals surface area contributed by atoms with Crippen LogP contribution in [0, 0.1) is 12.3 Å². The van der Waals surface area contributed by atoms with Gasteiger partial charge in [-0.1, -0.05) is 55.8 Å². The van der Waals surface area contributed by atoms with Crippen LogP contribution in [0.15, 0.2) is 42.5 Å². The molecular formula is C27H38ClN3O3. The number of carbonyl (C=O) groups excluding carboxylic acids is 1. The molecule has 2 aromatic carbocycles. The molecular weight excluding hydrogens is 450 g/mol. The molecule has 1 aliphatic heterocycles. The van der Waals surface area contributed by atoms with Crippen LogP contribution in [-0.4, -0.2) is 60.3 Å². The van der Waals surface area contributed by atoms with Gasteiger partial charge >= 0.3 is 6.03 Å². The monoisotopic (exact) mass is 487 g/mol. The molecule has 0 radical (unpaired) electrons. The van der Waals surface area contributed by atoms with E-state index in [0.29, 0.717) is 17.3 Å². The molecule has 1 fully saturated rings. The van der Waals surface area contributed by atoms with Gasteiger partial charge in [0, 0.05) is 24.2 Å². The molecule has 2 aromatic rings. The quantitative estimate of drug-likeness (QED) is 0.548. The fraction of sp³-hybridized carbons (Fsp3) is 0.519. The summed E-state index contributed by atoms with van der Waals surface area (Å²) in [5.41, 5.74) is 2.83. The Kier molecular flexibility index (Phi) is 8.85. The number of aliphatic hydroxyl groups excluding tert-OH is 1.